The molecule has 2 aromatic rings. The molecule has 0 bridgehead atoms. The second-order valence-corrected chi connectivity index (χ2v) is 2.96. The van der Waals surface area contributed by atoms with Crippen LogP contribution in [-0.4, -0.2) is 27.1 Å². The van der Waals surface area contributed by atoms with E-state index in [4.69, 9.17) is 0 Å². The zero-order chi connectivity index (χ0) is 11.4. The number of carboxylic acid groups (broad SMARTS) is 1. The molecule has 6 nitrogen and oxygen atoms in total. The maximum absolute atomic E-state index is 10.8. The van der Waals surface area contributed by atoms with Crippen molar-refractivity contribution in [2.45, 2.75) is 0 Å². The molecule has 0 radical (unpaired) electrons. The predicted molar refractivity (Wildman–Crippen MR) is 53.8 cm³/mol. The largest absolute Gasteiger partial charge is 0.545 e. The molecule has 16 heavy (non-hydrogen) atoms. The van der Waals surface area contributed by atoms with Crippen LogP contribution < -0.4 is 5.11 Å². The van der Waals surface area contributed by atoms with Crippen LogP contribution in [0.15, 0.2) is 42.0 Å². The number of hydrogen-bond donors (Lipinski definition) is 0. The summed E-state index contributed by atoms with van der Waals surface area (Å²) in [5.74, 6) is -1.23. The van der Waals surface area contributed by atoms with Gasteiger partial charge in [0.2, 0.25) is 0 Å². The molecule has 0 fully saturated rings. The Kier molecular flexibility index (Phi) is 2.73. The Morgan fingerprint density at radius 2 is 2.00 bits per heavy atom. The first-order valence-corrected chi connectivity index (χ1v) is 4.47. The van der Waals surface area contributed by atoms with E-state index in [1.807, 2.05) is 0 Å². The van der Waals surface area contributed by atoms with Crippen LogP contribution >= 0.6 is 0 Å². The van der Waals surface area contributed by atoms with E-state index in [1.54, 1.807) is 18.2 Å². The minimum Gasteiger partial charge on any atom is -0.545 e. The number of rotatable bonds is 3. The van der Waals surface area contributed by atoms with Crippen molar-refractivity contribution in [3.63, 3.8) is 0 Å². The summed E-state index contributed by atoms with van der Waals surface area (Å²) in [5, 5.41) is 21.9. The maximum atomic E-state index is 10.8. The number of nitrogens with zero attached hydrogens (tertiary/aromatic N) is 4. The van der Waals surface area contributed by atoms with E-state index >= 15 is 0 Å². The summed E-state index contributed by atoms with van der Waals surface area (Å²) >= 11 is 0. The van der Waals surface area contributed by atoms with E-state index in [9.17, 15) is 9.90 Å². The molecule has 0 saturated carbocycles. The van der Waals surface area contributed by atoms with Crippen molar-refractivity contribution < 1.29 is 9.90 Å². The molecule has 6 heteroatoms. The molecule has 0 unspecified atom stereocenters. The number of carbonyl (C=O) groups is 1. The lowest BCUT2D eigenvalue weighted by molar-refractivity contribution is -0.255. The highest BCUT2D eigenvalue weighted by Crippen LogP contribution is 2.04. The number of carbonyl (C=O) groups excluding carboxylic acids is 1. The van der Waals surface area contributed by atoms with Crippen molar-refractivity contribution in [1.82, 2.24) is 14.9 Å². The number of aromatic carboxylic acids is 1. The van der Waals surface area contributed by atoms with E-state index in [2.05, 4.69) is 15.3 Å². The van der Waals surface area contributed by atoms with Crippen LogP contribution in [0.2, 0.25) is 0 Å². The van der Waals surface area contributed by atoms with E-state index in [1.165, 1.54) is 29.6 Å². The van der Waals surface area contributed by atoms with Crippen molar-refractivity contribution in [2.75, 3.05) is 0 Å². The lowest BCUT2D eigenvalue weighted by Gasteiger charge is -2.05. The van der Waals surface area contributed by atoms with Crippen molar-refractivity contribution >= 4 is 12.2 Å². The number of hydrogen-bond acceptors (Lipinski definition) is 5. The van der Waals surface area contributed by atoms with Gasteiger partial charge in [0.25, 0.3) is 0 Å². The fourth-order valence-electron chi connectivity index (χ4n) is 1.18. The van der Waals surface area contributed by atoms with Gasteiger partial charge in [-0.3, -0.25) is 0 Å². The monoisotopic (exact) mass is 215 g/mol. The molecule has 0 atom stereocenters. The van der Waals surface area contributed by atoms with Crippen molar-refractivity contribution in [3.05, 3.63) is 48.0 Å². The lowest BCUT2D eigenvalue weighted by atomic mass is 10.1. The van der Waals surface area contributed by atoms with Crippen molar-refractivity contribution in [2.24, 2.45) is 5.10 Å². The topological polar surface area (TPSA) is 83.2 Å². The summed E-state index contributed by atoms with van der Waals surface area (Å²) in [6.45, 7) is 0. The van der Waals surface area contributed by atoms with Gasteiger partial charge in [-0.2, -0.15) is 5.10 Å². The van der Waals surface area contributed by atoms with Gasteiger partial charge in [-0.25, -0.2) is 4.68 Å². The standard InChI is InChI=1S/C10H8N4O2/c15-10(16)9-4-2-1-3-8(9)5-13-14-6-11-12-7-14/h1-7H,(H,15,16)/p-1/b13-5+. The fraction of sp³-hybridized carbons (Fsp3) is 0. The van der Waals surface area contributed by atoms with Gasteiger partial charge >= 0.3 is 0 Å². The lowest BCUT2D eigenvalue weighted by Crippen LogP contribution is -2.23. The van der Waals surface area contributed by atoms with E-state index in [0.29, 0.717) is 5.56 Å². The number of carboxylic acids is 1. The molecule has 1 heterocycles. The number of benzene rings is 1. The molecule has 80 valence electrons. The van der Waals surface area contributed by atoms with Crippen LogP contribution in [-0.2, 0) is 0 Å². The predicted octanol–water partition coefficient (Wildman–Crippen LogP) is -0.476. The highest BCUT2D eigenvalue weighted by atomic mass is 16.4. The van der Waals surface area contributed by atoms with E-state index in [0.717, 1.165) is 0 Å². The minimum absolute atomic E-state index is 0.0966. The average Bonchev–Trinajstić information content (AvgIpc) is 2.79. The SMILES string of the molecule is O=C([O-])c1ccccc1/C=N/n1cnnc1. The molecule has 0 amide bonds. The third kappa shape index (κ3) is 2.11. The third-order valence-corrected chi connectivity index (χ3v) is 1.92. The highest BCUT2D eigenvalue weighted by molar-refractivity contribution is 5.97. The summed E-state index contributed by atoms with van der Waals surface area (Å²) in [4.78, 5) is 10.8. The van der Waals surface area contributed by atoms with Crippen LogP contribution in [0.4, 0.5) is 0 Å². The molecule has 0 aliphatic rings. The van der Waals surface area contributed by atoms with Gasteiger partial charge < -0.3 is 9.90 Å². The molecule has 0 aliphatic heterocycles. The summed E-state index contributed by atoms with van der Waals surface area (Å²) in [5.41, 5.74) is 0.565. The first-order chi connectivity index (χ1) is 7.77. The molecular weight excluding hydrogens is 208 g/mol. The molecule has 0 spiro atoms. The Labute approximate surface area is 90.9 Å². The van der Waals surface area contributed by atoms with E-state index in [-0.39, 0.29) is 5.56 Å². The zero-order valence-corrected chi connectivity index (χ0v) is 8.15. The smallest absolute Gasteiger partial charge is 0.141 e. The summed E-state index contributed by atoms with van der Waals surface area (Å²) in [6.07, 6.45) is 4.21. The Hall–Kier alpha value is -2.50. The molecule has 1 aromatic heterocycles. The zero-order valence-electron chi connectivity index (χ0n) is 8.15. The fourth-order valence-corrected chi connectivity index (χ4v) is 1.18. The van der Waals surface area contributed by atoms with Gasteiger partial charge in [0.05, 0.1) is 12.2 Å². The van der Waals surface area contributed by atoms with Gasteiger partial charge in [0, 0.05) is 11.1 Å². The second kappa shape index (κ2) is 4.35. The molecular formula is C10H7N4O2-. The Morgan fingerprint density at radius 1 is 1.31 bits per heavy atom. The van der Waals surface area contributed by atoms with Gasteiger partial charge in [-0.05, 0) is 0 Å². The normalized spacial score (nSPS) is 10.8. The first-order valence-electron chi connectivity index (χ1n) is 4.47. The molecule has 2 rings (SSSR count). The molecule has 0 N–H and O–H groups in total. The first kappa shape index (κ1) is 10.0. The van der Waals surface area contributed by atoms with Crippen LogP contribution in [0.5, 0.6) is 0 Å². The van der Waals surface area contributed by atoms with Gasteiger partial charge in [0.1, 0.15) is 12.7 Å². The highest BCUT2D eigenvalue weighted by Gasteiger charge is 1.99. The Bertz CT molecular complexity index is 519. The van der Waals surface area contributed by atoms with Gasteiger partial charge in [-0.1, -0.05) is 24.3 Å². The van der Waals surface area contributed by atoms with Crippen LogP contribution in [0.25, 0.3) is 0 Å². The van der Waals surface area contributed by atoms with E-state index < -0.39 is 5.97 Å². The summed E-state index contributed by atoms with van der Waals surface area (Å²) in [6, 6.07) is 6.45. The van der Waals surface area contributed by atoms with Crippen LogP contribution in [0.3, 0.4) is 0 Å². The van der Waals surface area contributed by atoms with Crippen molar-refractivity contribution in [3.8, 4) is 0 Å². The number of aromatic nitrogens is 3. The van der Waals surface area contributed by atoms with Crippen LogP contribution in [0, 0.1) is 0 Å². The quantitative estimate of drug-likeness (QED) is 0.647. The maximum Gasteiger partial charge on any atom is 0.141 e. The van der Waals surface area contributed by atoms with Gasteiger partial charge in [0.15, 0.2) is 0 Å². The Morgan fingerprint density at radius 3 is 2.69 bits per heavy atom. The minimum atomic E-state index is -1.23. The second-order valence-electron chi connectivity index (χ2n) is 2.96. The third-order valence-electron chi connectivity index (χ3n) is 1.92. The van der Waals surface area contributed by atoms with Gasteiger partial charge in [-0.15, -0.1) is 10.2 Å². The summed E-state index contributed by atoms with van der Waals surface area (Å²) < 4.78 is 1.37. The Balaban J connectivity index is 2.31. The average molecular weight is 215 g/mol. The molecule has 0 saturated heterocycles. The molecule has 0 aliphatic carbocycles. The summed E-state index contributed by atoms with van der Waals surface area (Å²) in [7, 11) is 0. The van der Waals surface area contributed by atoms with Crippen LogP contribution in [0.1, 0.15) is 15.9 Å². The molecule has 1 aromatic carbocycles. The van der Waals surface area contributed by atoms with Crippen molar-refractivity contribution in [1.29, 1.82) is 0 Å².